The number of nitrogens with one attached hydrogen (secondary N) is 1. The molecule has 0 fully saturated rings. The Morgan fingerprint density at radius 3 is 2.44 bits per heavy atom. The molecule has 1 N–H and O–H groups in total. The number of rotatable bonds is 3. The summed E-state index contributed by atoms with van der Waals surface area (Å²) in [4.78, 5) is 8.14. The fourth-order valence-electron chi connectivity index (χ4n) is 1.50. The van der Waals surface area contributed by atoms with Gasteiger partial charge in [0, 0.05) is 12.4 Å². The van der Waals surface area contributed by atoms with Gasteiger partial charge in [0.1, 0.15) is 5.82 Å². The van der Waals surface area contributed by atoms with E-state index < -0.39 is 5.82 Å². The third-order valence-electron chi connectivity index (χ3n) is 2.39. The van der Waals surface area contributed by atoms with Gasteiger partial charge in [0.15, 0.2) is 0 Å². The molecule has 0 aliphatic heterocycles. The van der Waals surface area contributed by atoms with E-state index in [9.17, 15) is 4.39 Å². The molecule has 0 radical (unpaired) electrons. The van der Waals surface area contributed by atoms with Crippen molar-refractivity contribution in [2.45, 2.75) is 13.0 Å². The Balaban J connectivity index is 2.25. The van der Waals surface area contributed by atoms with E-state index in [1.807, 2.05) is 6.92 Å². The maximum Gasteiger partial charge on any atom is 0.126 e. The van der Waals surface area contributed by atoms with Crippen molar-refractivity contribution in [1.29, 1.82) is 0 Å². The van der Waals surface area contributed by atoms with Crippen molar-refractivity contribution in [2.75, 3.05) is 5.32 Å². The van der Waals surface area contributed by atoms with Gasteiger partial charge in [-0.2, -0.15) is 0 Å². The molecule has 1 aromatic carbocycles. The normalized spacial score (nSPS) is 12.2. The highest BCUT2D eigenvalue weighted by atomic mass is 35.5. The molecule has 2 aromatic rings. The molecular formula is C12H10Cl2FN3. The lowest BCUT2D eigenvalue weighted by Gasteiger charge is -2.16. The van der Waals surface area contributed by atoms with Gasteiger partial charge in [-0.15, -0.1) is 0 Å². The summed E-state index contributed by atoms with van der Waals surface area (Å²) in [5.74, 6) is -0.470. The lowest BCUT2D eigenvalue weighted by Crippen LogP contribution is -2.09. The molecule has 94 valence electrons. The highest BCUT2D eigenvalue weighted by Crippen LogP contribution is 2.33. The molecule has 0 aliphatic rings. The Bertz CT molecular complexity index is 525. The van der Waals surface area contributed by atoms with Crippen molar-refractivity contribution in [3.63, 3.8) is 0 Å². The number of nitrogens with zero attached hydrogens (tertiary/aromatic N) is 2. The van der Waals surface area contributed by atoms with Gasteiger partial charge >= 0.3 is 0 Å². The Kier molecular flexibility index (Phi) is 3.99. The average Bonchev–Trinajstić information content (AvgIpc) is 2.34. The zero-order chi connectivity index (χ0) is 13.1. The third-order valence-corrected chi connectivity index (χ3v) is 2.99. The molecule has 1 unspecified atom stereocenters. The summed E-state index contributed by atoms with van der Waals surface area (Å²) in [6.45, 7) is 1.89. The number of benzene rings is 1. The van der Waals surface area contributed by atoms with Crippen LogP contribution >= 0.6 is 23.2 Å². The van der Waals surface area contributed by atoms with Crippen molar-refractivity contribution < 1.29 is 4.39 Å². The summed E-state index contributed by atoms with van der Waals surface area (Å²) in [5, 5.41) is 3.55. The minimum Gasteiger partial charge on any atom is -0.374 e. The van der Waals surface area contributed by atoms with Crippen LogP contribution in [0.1, 0.15) is 18.7 Å². The fourth-order valence-corrected chi connectivity index (χ4v) is 2.07. The van der Waals surface area contributed by atoms with Gasteiger partial charge in [0.2, 0.25) is 0 Å². The highest BCUT2D eigenvalue weighted by molar-refractivity contribution is 6.39. The molecule has 18 heavy (non-hydrogen) atoms. The summed E-state index contributed by atoms with van der Waals surface area (Å²) in [6.07, 6.45) is 4.83. The van der Waals surface area contributed by atoms with Crippen LogP contribution in [-0.4, -0.2) is 9.97 Å². The van der Waals surface area contributed by atoms with E-state index in [-0.39, 0.29) is 16.1 Å². The van der Waals surface area contributed by atoms with Gasteiger partial charge in [0.05, 0.1) is 33.7 Å². The van der Waals surface area contributed by atoms with Crippen LogP contribution in [0.15, 0.2) is 30.7 Å². The van der Waals surface area contributed by atoms with Crippen LogP contribution in [0.5, 0.6) is 0 Å². The molecule has 0 aliphatic carbocycles. The number of anilines is 1. The first-order valence-corrected chi connectivity index (χ1v) is 6.00. The smallest absolute Gasteiger partial charge is 0.126 e. The Morgan fingerprint density at radius 2 is 1.89 bits per heavy atom. The van der Waals surface area contributed by atoms with Crippen LogP contribution in [0, 0.1) is 5.82 Å². The molecule has 0 amide bonds. The van der Waals surface area contributed by atoms with E-state index in [0.717, 1.165) is 5.69 Å². The summed E-state index contributed by atoms with van der Waals surface area (Å²) < 4.78 is 13.0. The largest absolute Gasteiger partial charge is 0.374 e. The van der Waals surface area contributed by atoms with Crippen LogP contribution in [-0.2, 0) is 0 Å². The topological polar surface area (TPSA) is 37.8 Å². The second-order valence-electron chi connectivity index (χ2n) is 3.74. The van der Waals surface area contributed by atoms with E-state index in [4.69, 9.17) is 23.2 Å². The summed E-state index contributed by atoms with van der Waals surface area (Å²) >= 11 is 11.9. The van der Waals surface area contributed by atoms with Gasteiger partial charge in [-0.1, -0.05) is 23.2 Å². The maximum absolute atomic E-state index is 13.0. The predicted molar refractivity (Wildman–Crippen MR) is 70.5 cm³/mol. The molecule has 3 nitrogen and oxygen atoms in total. The van der Waals surface area contributed by atoms with Crippen molar-refractivity contribution >= 4 is 28.9 Å². The van der Waals surface area contributed by atoms with Gasteiger partial charge < -0.3 is 5.32 Å². The average molecular weight is 286 g/mol. The van der Waals surface area contributed by atoms with Crippen molar-refractivity contribution in [1.82, 2.24) is 9.97 Å². The molecule has 2 rings (SSSR count). The van der Waals surface area contributed by atoms with Gasteiger partial charge in [-0.05, 0) is 19.1 Å². The van der Waals surface area contributed by atoms with Gasteiger partial charge in [-0.3, -0.25) is 9.97 Å². The van der Waals surface area contributed by atoms with Gasteiger partial charge in [0.25, 0.3) is 0 Å². The molecule has 1 heterocycles. The van der Waals surface area contributed by atoms with Crippen LogP contribution in [0.2, 0.25) is 10.0 Å². The summed E-state index contributed by atoms with van der Waals surface area (Å²) in [7, 11) is 0. The number of halogens is 3. The maximum atomic E-state index is 13.0. The fraction of sp³-hybridized carbons (Fsp3) is 0.167. The minimum atomic E-state index is -0.470. The Labute approximate surface area is 114 Å². The zero-order valence-electron chi connectivity index (χ0n) is 9.49. The van der Waals surface area contributed by atoms with E-state index in [1.54, 1.807) is 18.6 Å². The Hall–Kier alpha value is -1.39. The molecule has 0 saturated carbocycles. The minimum absolute atomic E-state index is 0.140. The molecular weight excluding hydrogens is 276 g/mol. The monoisotopic (exact) mass is 285 g/mol. The number of aromatic nitrogens is 2. The Morgan fingerprint density at radius 1 is 1.22 bits per heavy atom. The van der Waals surface area contributed by atoms with Crippen LogP contribution < -0.4 is 5.32 Å². The second kappa shape index (κ2) is 5.50. The first-order chi connectivity index (χ1) is 8.58. The van der Waals surface area contributed by atoms with Gasteiger partial charge in [-0.25, -0.2) is 4.39 Å². The zero-order valence-corrected chi connectivity index (χ0v) is 11.0. The van der Waals surface area contributed by atoms with E-state index in [2.05, 4.69) is 15.3 Å². The van der Waals surface area contributed by atoms with E-state index >= 15 is 0 Å². The first-order valence-electron chi connectivity index (χ1n) is 5.25. The van der Waals surface area contributed by atoms with Crippen LogP contribution in [0.3, 0.4) is 0 Å². The predicted octanol–water partition coefficient (Wildman–Crippen LogP) is 4.10. The lowest BCUT2D eigenvalue weighted by molar-refractivity contribution is 0.628. The highest BCUT2D eigenvalue weighted by Gasteiger charge is 2.13. The summed E-state index contributed by atoms with van der Waals surface area (Å²) in [6, 6.07) is 2.28. The van der Waals surface area contributed by atoms with Crippen molar-refractivity contribution in [3.8, 4) is 0 Å². The first kappa shape index (κ1) is 13.1. The van der Waals surface area contributed by atoms with Crippen molar-refractivity contribution in [2.24, 2.45) is 0 Å². The quantitative estimate of drug-likeness (QED) is 0.923. The molecule has 0 saturated heterocycles. The molecule has 0 bridgehead atoms. The number of hydrogen-bond donors (Lipinski definition) is 1. The van der Waals surface area contributed by atoms with Crippen molar-refractivity contribution in [3.05, 3.63) is 52.3 Å². The van der Waals surface area contributed by atoms with E-state index in [0.29, 0.717) is 5.69 Å². The third kappa shape index (κ3) is 2.89. The second-order valence-corrected chi connectivity index (χ2v) is 4.56. The number of hydrogen-bond acceptors (Lipinski definition) is 3. The molecule has 1 atom stereocenters. The summed E-state index contributed by atoms with van der Waals surface area (Å²) in [5.41, 5.74) is 1.23. The lowest BCUT2D eigenvalue weighted by atomic mass is 10.2. The standard InChI is InChI=1S/C12H10Cl2FN3/c1-7(11-6-16-2-3-17-11)18-12-9(13)4-8(15)5-10(12)14/h2-7,18H,1H3. The van der Waals surface area contributed by atoms with E-state index in [1.165, 1.54) is 12.1 Å². The SMILES string of the molecule is CC(Nc1c(Cl)cc(F)cc1Cl)c1cnccn1. The molecule has 1 aromatic heterocycles. The van der Waals surface area contributed by atoms with Crippen LogP contribution in [0.25, 0.3) is 0 Å². The van der Waals surface area contributed by atoms with Crippen LogP contribution in [0.4, 0.5) is 10.1 Å². The molecule has 6 heteroatoms. The molecule has 0 spiro atoms.